The highest BCUT2D eigenvalue weighted by Gasteiger charge is 2.41. The van der Waals surface area contributed by atoms with Gasteiger partial charge in [0.1, 0.15) is 11.9 Å². The van der Waals surface area contributed by atoms with E-state index in [1.165, 1.54) is 4.90 Å². The topological polar surface area (TPSA) is 86.1 Å². The first-order valence-electron chi connectivity index (χ1n) is 9.99. The number of aliphatic hydroxyl groups excluding tert-OH is 1. The smallest absolute Gasteiger partial charge is 0.407 e. The molecule has 3 atom stereocenters. The van der Waals surface area contributed by atoms with Crippen molar-refractivity contribution in [2.45, 2.75) is 70.4 Å². The van der Waals surface area contributed by atoms with Crippen LogP contribution in [0.15, 0.2) is 12.1 Å². The predicted molar refractivity (Wildman–Crippen MR) is 111 cm³/mol. The molecule has 1 fully saturated rings. The van der Waals surface area contributed by atoms with E-state index in [0.29, 0.717) is 18.8 Å². The minimum absolute atomic E-state index is 0.0551. The quantitative estimate of drug-likeness (QED) is 0.745. The second kappa shape index (κ2) is 7.31. The maximum Gasteiger partial charge on any atom is 0.407 e. The molecule has 7 nitrogen and oxygen atoms in total. The van der Waals surface area contributed by atoms with Gasteiger partial charge < -0.3 is 24.4 Å². The van der Waals surface area contributed by atoms with E-state index in [2.05, 4.69) is 38.8 Å². The number of fused-ring (bicyclic) bond motifs is 3. The zero-order valence-electron chi connectivity index (χ0n) is 17.8. The summed E-state index contributed by atoms with van der Waals surface area (Å²) < 4.78 is 6.16. The number of nitrogens with zero attached hydrogens (tertiary/aromatic N) is 3. The molecule has 3 rings (SSSR count). The van der Waals surface area contributed by atoms with Crippen LogP contribution in [0.1, 0.15) is 45.1 Å². The molecule has 8 heteroatoms. The van der Waals surface area contributed by atoms with Crippen LogP contribution < -0.4 is 4.90 Å². The van der Waals surface area contributed by atoms with Crippen molar-refractivity contribution < 1.29 is 19.4 Å². The Bertz CT molecular complexity index is 749. The monoisotopic (exact) mass is 407 g/mol. The molecule has 2 N–H and O–H groups in total. The van der Waals surface area contributed by atoms with E-state index in [1.807, 2.05) is 19.1 Å². The van der Waals surface area contributed by atoms with Gasteiger partial charge in [-0.05, 0) is 43.1 Å². The summed E-state index contributed by atoms with van der Waals surface area (Å²) in [5.74, 6) is 0.881. The molecule has 0 aliphatic carbocycles. The molecule has 2 aliphatic rings. The summed E-state index contributed by atoms with van der Waals surface area (Å²) in [6.07, 6.45) is -0.851. The van der Waals surface area contributed by atoms with Crippen LogP contribution in [-0.2, 0) is 10.8 Å². The van der Waals surface area contributed by atoms with Crippen LogP contribution in [0.3, 0.4) is 0 Å². The molecule has 1 aromatic heterocycles. The van der Waals surface area contributed by atoms with Crippen LogP contribution in [0, 0.1) is 0 Å². The molecule has 1 saturated heterocycles. The number of aromatic nitrogens is 1. The van der Waals surface area contributed by atoms with Gasteiger partial charge in [0.15, 0.2) is 8.32 Å². The summed E-state index contributed by atoms with van der Waals surface area (Å²) in [5.41, 5.74) is 1.73. The average Bonchev–Trinajstić information content (AvgIpc) is 2.96. The molecule has 0 aromatic carbocycles. The molecule has 0 bridgehead atoms. The molecular weight excluding hydrogens is 374 g/mol. The van der Waals surface area contributed by atoms with Gasteiger partial charge in [-0.25, -0.2) is 9.78 Å². The van der Waals surface area contributed by atoms with Gasteiger partial charge in [-0.2, -0.15) is 0 Å². The van der Waals surface area contributed by atoms with Crippen molar-refractivity contribution in [3.63, 3.8) is 0 Å². The van der Waals surface area contributed by atoms with E-state index < -0.39 is 20.5 Å². The van der Waals surface area contributed by atoms with E-state index in [0.717, 1.165) is 17.8 Å². The Hall–Kier alpha value is -1.64. The Labute approximate surface area is 168 Å². The lowest BCUT2D eigenvalue weighted by molar-refractivity contribution is 0.0970. The van der Waals surface area contributed by atoms with Crippen molar-refractivity contribution in [3.05, 3.63) is 23.4 Å². The molecule has 2 aliphatic heterocycles. The summed E-state index contributed by atoms with van der Waals surface area (Å²) in [4.78, 5) is 19.9. The Kier molecular flexibility index (Phi) is 5.50. The van der Waals surface area contributed by atoms with Gasteiger partial charge in [0.2, 0.25) is 0 Å². The second-order valence-corrected chi connectivity index (χ2v) is 14.4. The van der Waals surface area contributed by atoms with Crippen LogP contribution >= 0.6 is 0 Å². The standard InChI is InChI=1S/C20H33N3O4Si/c1-13-10-22(19(25)26)11-15-9-14-7-8-16(21-18(14)23(13)15)17(24)12-27-28(5,6)20(2,3)4/h7-8,13,15,17,24H,9-12H2,1-6H3,(H,25,26)/t13-,15-,17?/m1/s1. The second-order valence-electron chi connectivity index (χ2n) is 9.61. The van der Waals surface area contributed by atoms with Gasteiger partial charge in [0.25, 0.3) is 0 Å². The highest BCUT2D eigenvalue weighted by atomic mass is 28.4. The highest BCUT2D eigenvalue weighted by molar-refractivity contribution is 6.74. The molecule has 1 amide bonds. The van der Waals surface area contributed by atoms with E-state index in [-0.39, 0.29) is 23.7 Å². The molecule has 0 spiro atoms. The van der Waals surface area contributed by atoms with Crippen LogP contribution in [0.25, 0.3) is 0 Å². The molecule has 1 aromatic rings. The molecule has 28 heavy (non-hydrogen) atoms. The molecule has 0 saturated carbocycles. The van der Waals surface area contributed by atoms with E-state index in [9.17, 15) is 15.0 Å². The molecule has 156 valence electrons. The summed E-state index contributed by atoms with van der Waals surface area (Å²) in [6, 6.07) is 4.05. The SMILES string of the molecule is C[C@@H]1CN(C(=O)O)C[C@H]2Cc3ccc(C(O)CO[Si](C)(C)C(C)(C)C)nc3N21. The lowest BCUT2D eigenvalue weighted by Crippen LogP contribution is -2.58. The zero-order chi connectivity index (χ0) is 20.9. The summed E-state index contributed by atoms with van der Waals surface area (Å²) in [6.45, 7) is 14.1. The minimum Gasteiger partial charge on any atom is -0.465 e. The Morgan fingerprint density at radius 3 is 2.64 bits per heavy atom. The Balaban J connectivity index is 1.74. The number of carbonyl (C=O) groups is 1. The van der Waals surface area contributed by atoms with E-state index >= 15 is 0 Å². The van der Waals surface area contributed by atoms with E-state index in [1.54, 1.807) is 0 Å². The van der Waals surface area contributed by atoms with Gasteiger partial charge in [-0.3, -0.25) is 0 Å². The van der Waals surface area contributed by atoms with Gasteiger partial charge >= 0.3 is 6.09 Å². The highest BCUT2D eigenvalue weighted by Crippen LogP contribution is 2.38. The number of amides is 1. The lowest BCUT2D eigenvalue weighted by atomic mass is 10.1. The normalized spacial score (nSPS) is 23.4. The van der Waals surface area contributed by atoms with Crippen LogP contribution in [0.5, 0.6) is 0 Å². The summed E-state index contributed by atoms with van der Waals surface area (Å²) >= 11 is 0. The number of carboxylic acid groups (broad SMARTS) is 1. The van der Waals surface area contributed by atoms with Gasteiger partial charge in [-0.1, -0.05) is 26.8 Å². The average molecular weight is 408 g/mol. The first kappa shape index (κ1) is 21.1. The van der Waals surface area contributed by atoms with Crippen LogP contribution in [0.4, 0.5) is 10.6 Å². The van der Waals surface area contributed by atoms with Gasteiger partial charge in [-0.15, -0.1) is 0 Å². The van der Waals surface area contributed by atoms with Crippen molar-refractivity contribution in [1.82, 2.24) is 9.88 Å². The van der Waals surface area contributed by atoms with Crippen molar-refractivity contribution >= 4 is 20.2 Å². The fourth-order valence-electron chi connectivity index (χ4n) is 3.79. The number of anilines is 1. The first-order valence-corrected chi connectivity index (χ1v) is 12.9. The number of piperazine rings is 1. The number of rotatable bonds is 4. The van der Waals surface area contributed by atoms with Crippen molar-refractivity contribution in [1.29, 1.82) is 0 Å². The third-order valence-corrected chi connectivity index (χ3v) is 11.0. The summed E-state index contributed by atoms with van der Waals surface area (Å²) in [5, 5.41) is 20.1. The lowest BCUT2D eigenvalue weighted by Gasteiger charge is -2.42. The van der Waals surface area contributed by atoms with Crippen molar-refractivity contribution in [2.75, 3.05) is 24.6 Å². The van der Waals surface area contributed by atoms with Crippen LogP contribution in [-0.4, -0.2) is 66.3 Å². The third kappa shape index (κ3) is 3.90. The molecule has 3 heterocycles. The number of hydrogen-bond acceptors (Lipinski definition) is 5. The molecule has 0 radical (unpaired) electrons. The van der Waals surface area contributed by atoms with Gasteiger partial charge in [0.05, 0.1) is 18.3 Å². The number of aliphatic hydroxyl groups is 1. The van der Waals surface area contributed by atoms with E-state index in [4.69, 9.17) is 9.41 Å². The number of hydrogen-bond donors (Lipinski definition) is 2. The first-order chi connectivity index (χ1) is 12.9. The number of pyridine rings is 1. The third-order valence-electron chi connectivity index (χ3n) is 6.48. The minimum atomic E-state index is -1.94. The predicted octanol–water partition coefficient (Wildman–Crippen LogP) is 3.25. The van der Waals surface area contributed by atoms with Crippen LogP contribution in [0.2, 0.25) is 18.1 Å². The largest absolute Gasteiger partial charge is 0.465 e. The Morgan fingerprint density at radius 2 is 2.04 bits per heavy atom. The molecule has 1 unspecified atom stereocenters. The summed E-state index contributed by atoms with van der Waals surface area (Å²) in [7, 11) is -1.94. The fraction of sp³-hybridized carbons (Fsp3) is 0.700. The zero-order valence-corrected chi connectivity index (χ0v) is 18.8. The van der Waals surface area contributed by atoms with Gasteiger partial charge in [0, 0.05) is 19.1 Å². The van der Waals surface area contributed by atoms with Crippen molar-refractivity contribution in [3.8, 4) is 0 Å². The Morgan fingerprint density at radius 1 is 1.36 bits per heavy atom. The fourth-order valence-corrected chi connectivity index (χ4v) is 4.80. The maximum absolute atomic E-state index is 11.4. The van der Waals surface area contributed by atoms with Crippen molar-refractivity contribution in [2.24, 2.45) is 0 Å². The molecular formula is C20H33N3O4Si. The maximum atomic E-state index is 11.4.